The van der Waals surface area contributed by atoms with E-state index in [-0.39, 0.29) is 5.91 Å². The van der Waals surface area contributed by atoms with Gasteiger partial charge in [-0.25, -0.2) is 0 Å². The summed E-state index contributed by atoms with van der Waals surface area (Å²) in [6.07, 6.45) is 0. The fourth-order valence-corrected chi connectivity index (χ4v) is 5.30. The van der Waals surface area contributed by atoms with Crippen LogP contribution in [0.2, 0.25) is 0 Å². The summed E-state index contributed by atoms with van der Waals surface area (Å²) in [5, 5.41) is 4.77. The van der Waals surface area contributed by atoms with Crippen LogP contribution in [0.4, 0.5) is 5.69 Å². The third kappa shape index (κ3) is 5.08. The van der Waals surface area contributed by atoms with Gasteiger partial charge in [0.05, 0.1) is 34.0 Å². The van der Waals surface area contributed by atoms with E-state index in [2.05, 4.69) is 57.6 Å². The van der Waals surface area contributed by atoms with Crippen molar-refractivity contribution in [3.8, 4) is 45.3 Å². The summed E-state index contributed by atoms with van der Waals surface area (Å²) in [6, 6.07) is 29.9. The molecule has 0 aliphatic heterocycles. The zero-order chi connectivity index (χ0) is 28.2. The van der Waals surface area contributed by atoms with Gasteiger partial charge < -0.3 is 24.3 Å². The van der Waals surface area contributed by atoms with E-state index in [9.17, 15) is 4.79 Å². The van der Waals surface area contributed by atoms with Gasteiger partial charge in [0, 0.05) is 15.5 Å². The predicted molar refractivity (Wildman–Crippen MR) is 163 cm³/mol. The van der Waals surface area contributed by atoms with Crippen molar-refractivity contribution in [2.45, 2.75) is 0 Å². The Balaban J connectivity index is 1.62. The Kier molecular flexibility index (Phi) is 7.94. The molecular weight excluding hydrogens is 570 g/mol. The zero-order valence-electron chi connectivity index (χ0n) is 22.6. The molecule has 0 saturated heterocycles. The van der Waals surface area contributed by atoms with Crippen molar-refractivity contribution in [3.05, 3.63) is 101 Å². The summed E-state index contributed by atoms with van der Waals surface area (Å²) in [4.78, 5) is 13.6. The number of nitrogens with one attached hydrogen (secondary N) is 1. The molecule has 0 fully saturated rings. The minimum absolute atomic E-state index is 0.330. The van der Waals surface area contributed by atoms with E-state index >= 15 is 0 Å². The number of fused-ring (bicyclic) bond motifs is 1. The summed E-state index contributed by atoms with van der Waals surface area (Å²) in [6.45, 7) is 0. The van der Waals surface area contributed by atoms with Crippen molar-refractivity contribution in [1.29, 1.82) is 0 Å². The van der Waals surface area contributed by atoms with Crippen LogP contribution >= 0.6 is 15.9 Å². The van der Waals surface area contributed by atoms with Crippen molar-refractivity contribution in [2.75, 3.05) is 33.8 Å². The van der Waals surface area contributed by atoms with Crippen LogP contribution < -0.4 is 24.3 Å². The SMILES string of the molecule is COc1cc2c(NC(=O)c3c(Br)ccc(OC)c3OC)ccc(-c3ccc(-c4ccccc4)cc3)c2cc1OC. The minimum Gasteiger partial charge on any atom is -0.493 e. The first kappa shape index (κ1) is 27.1. The van der Waals surface area contributed by atoms with Gasteiger partial charge >= 0.3 is 0 Å². The molecular formula is C33H28BrNO5. The largest absolute Gasteiger partial charge is 0.493 e. The van der Waals surface area contributed by atoms with Crippen molar-refractivity contribution in [1.82, 2.24) is 0 Å². The Morgan fingerprint density at radius 3 is 1.85 bits per heavy atom. The maximum Gasteiger partial charge on any atom is 0.260 e. The summed E-state index contributed by atoms with van der Waals surface area (Å²) in [5.41, 5.74) is 5.26. The Morgan fingerprint density at radius 2 is 1.23 bits per heavy atom. The van der Waals surface area contributed by atoms with Crippen LogP contribution in [0.15, 0.2) is 95.5 Å². The number of rotatable bonds is 8. The first-order valence-electron chi connectivity index (χ1n) is 12.6. The van der Waals surface area contributed by atoms with Crippen molar-refractivity contribution in [2.24, 2.45) is 0 Å². The molecule has 0 bridgehead atoms. The number of benzene rings is 5. The van der Waals surface area contributed by atoms with Gasteiger partial charge in [0.2, 0.25) is 0 Å². The number of ether oxygens (including phenoxy) is 4. The van der Waals surface area contributed by atoms with Crippen LogP contribution in [0, 0.1) is 0 Å². The molecule has 6 nitrogen and oxygen atoms in total. The highest BCUT2D eigenvalue weighted by molar-refractivity contribution is 9.10. The molecule has 0 atom stereocenters. The van der Waals surface area contributed by atoms with Gasteiger partial charge in [-0.1, -0.05) is 60.7 Å². The van der Waals surface area contributed by atoms with Crippen LogP contribution in [0.1, 0.15) is 10.4 Å². The number of carbonyl (C=O) groups is 1. The normalized spacial score (nSPS) is 10.7. The topological polar surface area (TPSA) is 66.0 Å². The molecule has 202 valence electrons. The third-order valence-corrected chi connectivity index (χ3v) is 7.45. The summed E-state index contributed by atoms with van der Waals surface area (Å²) in [5.74, 6) is 1.60. The minimum atomic E-state index is -0.348. The molecule has 0 aliphatic carbocycles. The predicted octanol–water partition coefficient (Wildman–Crippen LogP) is 8.22. The fraction of sp³-hybridized carbons (Fsp3) is 0.121. The van der Waals surface area contributed by atoms with E-state index in [1.807, 2.05) is 42.5 Å². The highest BCUT2D eigenvalue weighted by atomic mass is 79.9. The number of halogens is 1. The van der Waals surface area contributed by atoms with E-state index in [4.69, 9.17) is 18.9 Å². The number of anilines is 1. The quantitative estimate of drug-likeness (QED) is 0.195. The third-order valence-electron chi connectivity index (χ3n) is 6.79. The summed E-state index contributed by atoms with van der Waals surface area (Å²) < 4.78 is 22.7. The first-order valence-corrected chi connectivity index (χ1v) is 13.3. The second-order valence-electron chi connectivity index (χ2n) is 8.97. The van der Waals surface area contributed by atoms with Gasteiger partial charge in [-0.15, -0.1) is 0 Å². The molecule has 0 radical (unpaired) electrons. The molecule has 0 aromatic heterocycles. The highest BCUT2D eigenvalue weighted by Crippen LogP contribution is 2.42. The van der Waals surface area contributed by atoms with Gasteiger partial charge in [-0.3, -0.25) is 4.79 Å². The lowest BCUT2D eigenvalue weighted by Crippen LogP contribution is -2.15. The molecule has 5 aromatic carbocycles. The lowest BCUT2D eigenvalue weighted by atomic mass is 9.94. The molecule has 0 aliphatic rings. The van der Waals surface area contributed by atoms with Crippen LogP contribution in [-0.4, -0.2) is 34.3 Å². The van der Waals surface area contributed by atoms with Gasteiger partial charge in [-0.05, 0) is 73.9 Å². The number of amides is 1. The first-order chi connectivity index (χ1) is 19.5. The summed E-state index contributed by atoms with van der Waals surface area (Å²) in [7, 11) is 6.24. The van der Waals surface area contributed by atoms with Gasteiger partial charge in [0.1, 0.15) is 0 Å². The standard InChI is InChI=1S/C33H28BrNO5/c1-37-28-17-15-26(34)31(32(28)40-4)33(36)35-27-16-14-23(24-18-29(38-2)30(39-3)19-25(24)27)22-12-10-21(11-13-22)20-8-6-5-7-9-20/h5-19H,1-4H3,(H,35,36). The molecule has 5 aromatic rings. The number of hydrogen-bond acceptors (Lipinski definition) is 5. The Bertz CT molecular complexity index is 1680. The maximum absolute atomic E-state index is 13.6. The second-order valence-corrected chi connectivity index (χ2v) is 9.82. The van der Waals surface area contributed by atoms with Gasteiger partial charge in [0.25, 0.3) is 5.91 Å². The lowest BCUT2D eigenvalue weighted by Gasteiger charge is -2.18. The molecule has 1 N–H and O–H groups in total. The van der Waals surface area contributed by atoms with Crippen molar-refractivity contribution in [3.63, 3.8) is 0 Å². The molecule has 0 heterocycles. The Labute approximate surface area is 241 Å². The zero-order valence-corrected chi connectivity index (χ0v) is 24.2. The molecule has 7 heteroatoms. The highest BCUT2D eigenvalue weighted by Gasteiger charge is 2.22. The Hall–Kier alpha value is -4.49. The van der Waals surface area contributed by atoms with Crippen molar-refractivity contribution < 1.29 is 23.7 Å². The van der Waals surface area contributed by atoms with Gasteiger partial charge in [0.15, 0.2) is 23.0 Å². The molecule has 0 spiro atoms. The monoisotopic (exact) mass is 597 g/mol. The average molecular weight is 598 g/mol. The van der Waals surface area contributed by atoms with E-state index in [1.54, 1.807) is 26.4 Å². The van der Waals surface area contributed by atoms with E-state index < -0.39 is 0 Å². The van der Waals surface area contributed by atoms with Crippen LogP contribution in [0.5, 0.6) is 23.0 Å². The smallest absolute Gasteiger partial charge is 0.260 e. The summed E-state index contributed by atoms with van der Waals surface area (Å²) >= 11 is 3.49. The molecule has 0 saturated carbocycles. The Morgan fingerprint density at radius 1 is 0.625 bits per heavy atom. The molecule has 1 amide bonds. The second kappa shape index (κ2) is 11.7. The average Bonchev–Trinajstić information content (AvgIpc) is 3.00. The van der Waals surface area contributed by atoms with Crippen LogP contribution in [0.3, 0.4) is 0 Å². The van der Waals surface area contributed by atoms with E-state index in [0.29, 0.717) is 38.7 Å². The van der Waals surface area contributed by atoms with E-state index in [1.165, 1.54) is 14.2 Å². The molecule has 40 heavy (non-hydrogen) atoms. The van der Waals surface area contributed by atoms with Gasteiger partial charge in [-0.2, -0.15) is 0 Å². The molecule has 5 rings (SSSR count). The fourth-order valence-electron chi connectivity index (χ4n) is 4.80. The molecule has 0 unspecified atom stereocenters. The maximum atomic E-state index is 13.6. The van der Waals surface area contributed by atoms with Crippen molar-refractivity contribution >= 4 is 38.3 Å². The van der Waals surface area contributed by atoms with Crippen LogP contribution in [0.25, 0.3) is 33.0 Å². The number of carbonyl (C=O) groups excluding carboxylic acids is 1. The van der Waals surface area contributed by atoms with Crippen LogP contribution in [-0.2, 0) is 0 Å². The number of hydrogen-bond donors (Lipinski definition) is 1. The number of methoxy groups -OCH3 is 4. The van der Waals surface area contributed by atoms with E-state index in [0.717, 1.165) is 33.0 Å². The lowest BCUT2D eigenvalue weighted by molar-refractivity contribution is 0.102.